The molecule has 204 valence electrons. The van der Waals surface area contributed by atoms with Gasteiger partial charge in [0, 0.05) is 31.6 Å². The minimum absolute atomic E-state index is 0.205. The van der Waals surface area contributed by atoms with Gasteiger partial charge in [-0.3, -0.25) is 9.69 Å². The third-order valence-corrected chi connectivity index (χ3v) is 7.36. The van der Waals surface area contributed by atoms with Crippen LogP contribution in [0, 0.1) is 0 Å². The summed E-state index contributed by atoms with van der Waals surface area (Å²) in [5, 5.41) is 5.42. The van der Waals surface area contributed by atoms with Crippen molar-refractivity contribution in [3.63, 3.8) is 0 Å². The summed E-state index contributed by atoms with van der Waals surface area (Å²) in [6.45, 7) is 4.75. The van der Waals surface area contributed by atoms with Crippen LogP contribution in [-0.4, -0.2) is 54.0 Å². The Morgan fingerprint density at radius 2 is 1.79 bits per heavy atom. The summed E-state index contributed by atoms with van der Waals surface area (Å²) in [7, 11) is 1.60. The number of nitrogens with zero attached hydrogens (tertiary/aromatic N) is 3. The Morgan fingerprint density at radius 1 is 1.05 bits per heavy atom. The first kappa shape index (κ1) is 28.1. The first-order valence-electron chi connectivity index (χ1n) is 12.8. The Hall–Kier alpha value is -2.95. The average Bonchev–Trinajstić information content (AvgIpc) is 3.38. The van der Waals surface area contributed by atoms with E-state index in [4.69, 9.17) is 4.74 Å². The molecule has 1 aliphatic rings. The number of piperidine rings is 1. The van der Waals surface area contributed by atoms with Crippen LogP contribution in [0.15, 0.2) is 53.9 Å². The second-order valence-corrected chi connectivity index (χ2v) is 10.4. The quantitative estimate of drug-likeness (QED) is 0.340. The van der Waals surface area contributed by atoms with Crippen molar-refractivity contribution in [2.45, 2.75) is 45.1 Å². The molecule has 1 N–H and O–H groups in total. The minimum Gasteiger partial charge on any atom is -0.497 e. The zero-order chi connectivity index (χ0) is 27.0. The summed E-state index contributed by atoms with van der Waals surface area (Å²) in [5.41, 5.74) is 1.25. The molecule has 1 fully saturated rings. The molecule has 0 aliphatic carbocycles. The Kier molecular flexibility index (Phi) is 9.76. The fourth-order valence-corrected chi connectivity index (χ4v) is 5.36. The lowest BCUT2D eigenvalue weighted by Gasteiger charge is -2.26. The van der Waals surface area contributed by atoms with Crippen LogP contribution in [-0.2, 0) is 25.8 Å². The summed E-state index contributed by atoms with van der Waals surface area (Å²) in [4.78, 5) is 21.6. The van der Waals surface area contributed by atoms with Crippen LogP contribution in [0.2, 0.25) is 0 Å². The summed E-state index contributed by atoms with van der Waals surface area (Å²) < 4.78 is 45.0. The predicted molar refractivity (Wildman–Crippen MR) is 142 cm³/mol. The number of ether oxygens (including phenoxy) is 1. The van der Waals surface area contributed by atoms with Gasteiger partial charge in [-0.15, -0.1) is 11.3 Å². The Labute approximate surface area is 225 Å². The van der Waals surface area contributed by atoms with Gasteiger partial charge >= 0.3 is 6.18 Å². The molecule has 4 rings (SSSR count). The van der Waals surface area contributed by atoms with Gasteiger partial charge in [0.2, 0.25) is 0 Å². The van der Waals surface area contributed by atoms with E-state index >= 15 is 0 Å². The molecule has 0 atom stereocenters. The summed E-state index contributed by atoms with van der Waals surface area (Å²) in [6.07, 6.45) is -0.718. The van der Waals surface area contributed by atoms with Gasteiger partial charge in [0.25, 0.3) is 5.91 Å². The standard InChI is InChI=1S/C28H33F3N4O2S/c1-37-24-10-8-21(9-11-24)17-35(18-22-6-5-7-23(16-22)28(29,30)31)19-26-33-25(20-38-26)27(36)32-12-15-34-13-3-2-4-14-34/h5-11,16,20H,2-4,12-15,17-19H2,1H3,(H,32,36). The Morgan fingerprint density at radius 3 is 2.50 bits per heavy atom. The molecule has 1 amide bonds. The molecule has 0 saturated carbocycles. The molecule has 38 heavy (non-hydrogen) atoms. The number of hydrogen-bond donors (Lipinski definition) is 1. The number of likely N-dealkylation sites (tertiary alicyclic amines) is 1. The largest absolute Gasteiger partial charge is 0.497 e. The van der Waals surface area contributed by atoms with Crippen LogP contribution in [0.4, 0.5) is 13.2 Å². The molecule has 1 saturated heterocycles. The normalized spacial score (nSPS) is 14.6. The van der Waals surface area contributed by atoms with Crippen LogP contribution in [0.25, 0.3) is 0 Å². The van der Waals surface area contributed by atoms with Gasteiger partial charge < -0.3 is 15.0 Å². The number of thiazole rings is 1. The highest BCUT2D eigenvalue weighted by Crippen LogP contribution is 2.30. The first-order chi connectivity index (χ1) is 18.3. The zero-order valence-corrected chi connectivity index (χ0v) is 22.3. The number of benzene rings is 2. The number of alkyl halides is 3. The number of carbonyl (C=O) groups excluding carboxylic acids is 1. The van der Waals surface area contributed by atoms with Crippen LogP contribution in [0.1, 0.15) is 51.4 Å². The maximum Gasteiger partial charge on any atom is 0.416 e. The molecule has 0 unspecified atom stereocenters. The number of carbonyl (C=O) groups is 1. The molecule has 10 heteroatoms. The van der Waals surface area contributed by atoms with Crippen LogP contribution in [0.5, 0.6) is 5.75 Å². The topological polar surface area (TPSA) is 57.7 Å². The maximum absolute atomic E-state index is 13.3. The smallest absolute Gasteiger partial charge is 0.416 e. The zero-order valence-electron chi connectivity index (χ0n) is 21.5. The molecule has 1 aliphatic heterocycles. The molecule has 0 radical (unpaired) electrons. The van der Waals surface area contributed by atoms with E-state index in [1.54, 1.807) is 18.6 Å². The lowest BCUT2D eigenvalue weighted by molar-refractivity contribution is -0.137. The minimum atomic E-state index is -4.40. The number of nitrogens with one attached hydrogen (secondary N) is 1. The summed E-state index contributed by atoms with van der Waals surface area (Å²) in [6, 6.07) is 13.0. The van der Waals surface area contributed by atoms with E-state index in [1.165, 1.54) is 42.7 Å². The monoisotopic (exact) mass is 546 g/mol. The van der Waals surface area contributed by atoms with Crippen molar-refractivity contribution in [1.82, 2.24) is 20.1 Å². The number of aromatic nitrogens is 1. The van der Waals surface area contributed by atoms with Gasteiger partial charge in [0.15, 0.2) is 0 Å². The number of hydrogen-bond acceptors (Lipinski definition) is 6. The predicted octanol–water partition coefficient (Wildman–Crippen LogP) is 5.59. The molecule has 6 nitrogen and oxygen atoms in total. The van der Waals surface area contributed by atoms with E-state index in [9.17, 15) is 18.0 Å². The van der Waals surface area contributed by atoms with Crippen molar-refractivity contribution >= 4 is 17.2 Å². The Balaban J connectivity index is 1.42. The van der Waals surface area contributed by atoms with Crippen molar-refractivity contribution in [3.8, 4) is 5.75 Å². The second kappa shape index (κ2) is 13.2. The van der Waals surface area contributed by atoms with Crippen LogP contribution in [0.3, 0.4) is 0 Å². The highest BCUT2D eigenvalue weighted by Gasteiger charge is 2.30. The fourth-order valence-electron chi connectivity index (χ4n) is 4.54. The lowest BCUT2D eigenvalue weighted by Crippen LogP contribution is -2.37. The summed E-state index contributed by atoms with van der Waals surface area (Å²) >= 11 is 1.38. The van der Waals surface area contributed by atoms with Gasteiger partial charge in [0.1, 0.15) is 16.5 Å². The first-order valence-corrected chi connectivity index (χ1v) is 13.6. The van der Waals surface area contributed by atoms with Gasteiger partial charge in [-0.05, 0) is 55.3 Å². The van der Waals surface area contributed by atoms with Crippen molar-refractivity contribution in [2.24, 2.45) is 0 Å². The fraction of sp³-hybridized carbons (Fsp3) is 0.429. The van der Waals surface area contributed by atoms with Crippen LogP contribution >= 0.6 is 11.3 Å². The molecule has 1 aromatic heterocycles. The highest BCUT2D eigenvalue weighted by atomic mass is 32.1. The van der Waals surface area contributed by atoms with E-state index < -0.39 is 11.7 Å². The van der Waals surface area contributed by atoms with E-state index in [0.717, 1.165) is 42.0 Å². The van der Waals surface area contributed by atoms with Crippen molar-refractivity contribution < 1.29 is 22.7 Å². The van der Waals surface area contributed by atoms with Gasteiger partial charge in [-0.1, -0.05) is 36.8 Å². The third-order valence-electron chi connectivity index (χ3n) is 6.53. The van der Waals surface area contributed by atoms with Crippen molar-refractivity contribution in [1.29, 1.82) is 0 Å². The van der Waals surface area contributed by atoms with E-state index in [0.29, 0.717) is 37.4 Å². The molecule has 0 bridgehead atoms. The average molecular weight is 547 g/mol. The van der Waals surface area contributed by atoms with Crippen molar-refractivity contribution in [2.75, 3.05) is 33.3 Å². The molecule has 3 aromatic rings. The third kappa shape index (κ3) is 8.28. The van der Waals surface area contributed by atoms with Gasteiger partial charge in [-0.25, -0.2) is 4.98 Å². The van der Waals surface area contributed by atoms with E-state index in [2.05, 4.69) is 15.2 Å². The number of methoxy groups -OCH3 is 1. The van der Waals surface area contributed by atoms with Gasteiger partial charge in [-0.2, -0.15) is 13.2 Å². The van der Waals surface area contributed by atoms with Crippen LogP contribution < -0.4 is 10.1 Å². The number of halogens is 3. The molecular weight excluding hydrogens is 513 g/mol. The highest BCUT2D eigenvalue weighted by molar-refractivity contribution is 7.09. The van der Waals surface area contributed by atoms with E-state index in [1.807, 2.05) is 29.2 Å². The molecule has 0 spiro atoms. The maximum atomic E-state index is 13.3. The van der Waals surface area contributed by atoms with Crippen molar-refractivity contribution in [3.05, 3.63) is 81.3 Å². The number of rotatable bonds is 11. The SMILES string of the molecule is COc1ccc(CN(Cc2cccc(C(F)(F)F)c2)Cc2nc(C(=O)NCCN3CCCCC3)cs2)cc1. The summed E-state index contributed by atoms with van der Waals surface area (Å²) in [5.74, 6) is 0.526. The van der Waals surface area contributed by atoms with Gasteiger partial charge in [0.05, 0.1) is 19.2 Å². The number of amides is 1. The molecule has 2 aromatic carbocycles. The van der Waals surface area contributed by atoms with E-state index in [-0.39, 0.29) is 5.91 Å². The molecule has 2 heterocycles. The lowest BCUT2D eigenvalue weighted by atomic mass is 10.1. The second-order valence-electron chi connectivity index (χ2n) is 9.48. The molecular formula is C28H33F3N4O2S. The Bertz CT molecular complexity index is 1180.